The summed E-state index contributed by atoms with van der Waals surface area (Å²) in [6.45, 7) is 3.55. The number of fused-ring (bicyclic) bond motifs is 1. The Bertz CT molecular complexity index is 761. The topological polar surface area (TPSA) is 67.8 Å². The molecule has 1 aliphatic heterocycles. The van der Waals surface area contributed by atoms with Crippen molar-refractivity contribution in [3.8, 4) is 0 Å². The molecule has 1 atom stereocenters. The fourth-order valence-corrected chi connectivity index (χ4v) is 2.40. The first-order valence-corrected chi connectivity index (χ1v) is 7.01. The molecule has 0 aliphatic carbocycles. The van der Waals surface area contributed by atoms with Crippen LogP contribution in [0.3, 0.4) is 0 Å². The molecule has 0 saturated heterocycles. The van der Waals surface area contributed by atoms with Crippen LogP contribution in [-0.4, -0.2) is 16.8 Å². The number of nitrogens with zero attached hydrogens (tertiary/aromatic N) is 3. The number of ketones is 1. The largest absolute Gasteiger partial charge is 0.441 e. The summed E-state index contributed by atoms with van der Waals surface area (Å²) in [7, 11) is 0. The molecule has 2 aromatic rings. The van der Waals surface area contributed by atoms with Gasteiger partial charge in [-0.2, -0.15) is 10.2 Å². The highest BCUT2D eigenvalue weighted by Crippen LogP contribution is 2.23. The van der Waals surface area contributed by atoms with E-state index in [0.717, 1.165) is 9.99 Å². The Labute approximate surface area is 123 Å². The average Bonchev–Trinajstić information content (AvgIpc) is 2.81. The molecule has 0 spiro atoms. The lowest BCUT2D eigenvalue weighted by Crippen LogP contribution is -2.25. The van der Waals surface area contributed by atoms with E-state index in [-0.39, 0.29) is 5.78 Å². The van der Waals surface area contributed by atoms with E-state index in [1.54, 1.807) is 13.8 Å². The number of benzene rings is 1. The first-order valence-electron chi connectivity index (χ1n) is 6.22. The van der Waals surface area contributed by atoms with Crippen LogP contribution in [0.15, 0.2) is 48.6 Å². The van der Waals surface area contributed by atoms with Crippen molar-refractivity contribution in [1.29, 1.82) is 0 Å². The number of azo groups is 1. The highest BCUT2D eigenvalue weighted by Gasteiger charge is 2.26. The van der Waals surface area contributed by atoms with E-state index >= 15 is 0 Å². The second kappa shape index (κ2) is 4.94. The molecule has 1 aromatic heterocycles. The average molecular weight is 334 g/mol. The molecule has 1 aliphatic rings. The Morgan fingerprint density at radius 3 is 2.95 bits per heavy atom. The van der Waals surface area contributed by atoms with Crippen LogP contribution >= 0.6 is 15.9 Å². The summed E-state index contributed by atoms with van der Waals surface area (Å²) in [6.07, 6.45) is 0.333. The quantitative estimate of drug-likeness (QED) is 0.838. The Morgan fingerprint density at radius 2 is 2.15 bits per heavy atom. The third kappa shape index (κ3) is 2.31. The Balaban J connectivity index is 1.87. The van der Waals surface area contributed by atoms with E-state index in [1.807, 2.05) is 18.2 Å². The number of carbonyl (C=O) groups excluding carboxylic acids is 1. The van der Waals surface area contributed by atoms with E-state index in [4.69, 9.17) is 4.42 Å². The SMILES string of the molecule is CC1=C(C)C(=O)C(Cc2nc3cc(Br)ccc3o2)N=N1. The standard InChI is InChI=1S/C14H12BrN3O2/c1-7-8(2)17-18-11(14(7)19)6-13-16-10-5-9(15)3-4-12(10)20-13/h3-5,11H,6H2,1-2H3. The van der Waals surface area contributed by atoms with Gasteiger partial charge in [-0.3, -0.25) is 4.79 Å². The number of aromatic nitrogens is 1. The lowest BCUT2D eigenvalue weighted by molar-refractivity contribution is -0.117. The number of hydrogen-bond acceptors (Lipinski definition) is 5. The Kier molecular flexibility index (Phi) is 3.25. The van der Waals surface area contributed by atoms with E-state index in [9.17, 15) is 4.79 Å². The molecule has 102 valence electrons. The summed E-state index contributed by atoms with van der Waals surface area (Å²) in [5.74, 6) is 0.490. The zero-order chi connectivity index (χ0) is 14.3. The third-order valence-electron chi connectivity index (χ3n) is 3.32. The molecule has 0 amide bonds. The zero-order valence-corrected chi connectivity index (χ0v) is 12.6. The van der Waals surface area contributed by atoms with E-state index in [1.165, 1.54) is 0 Å². The van der Waals surface area contributed by atoms with Crippen molar-refractivity contribution < 1.29 is 9.21 Å². The number of allylic oxidation sites excluding steroid dienone is 1. The predicted octanol–water partition coefficient (Wildman–Crippen LogP) is 3.83. The summed E-state index contributed by atoms with van der Waals surface area (Å²) in [5.41, 5.74) is 2.79. The van der Waals surface area contributed by atoms with Crippen LogP contribution in [0, 0.1) is 0 Å². The number of carbonyl (C=O) groups is 1. The van der Waals surface area contributed by atoms with Gasteiger partial charge in [-0.05, 0) is 32.0 Å². The number of Topliss-reactive ketones (excluding diaryl/α,β-unsaturated/α-hetero) is 1. The third-order valence-corrected chi connectivity index (χ3v) is 3.82. The second-order valence-corrected chi connectivity index (χ2v) is 5.65. The zero-order valence-electron chi connectivity index (χ0n) is 11.1. The molecular formula is C14H12BrN3O2. The number of halogens is 1. The first kappa shape index (κ1) is 13.2. The van der Waals surface area contributed by atoms with Crippen molar-refractivity contribution in [3.63, 3.8) is 0 Å². The fraction of sp³-hybridized carbons (Fsp3) is 0.286. The van der Waals surface area contributed by atoms with Gasteiger partial charge in [0.2, 0.25) is 0 Å². The summed E-state index contributed by atoms with van der Waals surface area (Å²) < 4.78 is 6.57. The van der Waals surface area contributed by atoms with Crippen molar-refractivity contribution in [3.05, 3.63) is 39.8 Å². The lowest BCUT2D eigenvalue weighted by Gasteiger charge is -2.13. The number of rotatable bonds is 2. The lowest BCUT2D eigenvalue weighted by atomic mass is 10.0. The molecule has 3 rings (SSSR count). The maximum atomic E-state index is 12.1. The van der Waals surface area contributed by atoms with Gasteiger partial charge in [0.05, 0.1) is 12.1 Å². The molecule has 0 saturated carbocycles. The molecule has 1 unspecified atom stereocenters. The second-order valence-electron chi connectivity index (χ2n) is 4.73. The molecule has 20 heavy (non-hydrogen) atoms. The summed E-state index contributed by atoms with van der Waals surface area (Å²) in [4.78, 5) is 16.5. The van der Waals surface area contributed by atoms with Gasteiger partial charge in [0.1, 0.15) is 11.6 Å². The molecule has 6 heteroatoms. The van der Waals surface area contributed by atoms with Gasteiger partial charge in [-0.1, -0.05) is 15.9 Å². The molecular weight excluding hydrogens is 322 g/mol. The summed E-state index contributed by atoms with van der Waals surface area (Å²) in [5, 5.41) is 8.05. The minimum absolute atomic E-state index is 0.0130. The van der Waals surface area contributed by atoms with E-state index in [2.05, 4.69) is 31.1 Å². The van der Waals surface area contributed by atoms with Crippen LogP contribution in [0.5, 0.6) is 0 Å². The molecule has 5 nitrogen and oxygen atoms in total. The van der Waals surface area contributed by atoms with Crippen LogP contribution < -0.4 is 0 Å². The molecule has 0 bridgehead atoms. The normalized spacial score (nSPS) is 19.1. The van der Waals surface area contributed by atoms with Crippen molar-refractivity contribution >= 4 is 32.8 Å². The summed E-state index contributed by atoms with van der Waals surface area (Å²) in [6, 6.07) is 5.08. The minimum Gasteiger partial charge on any atom is -0.441 e. The minimum atomic E-state index is -0.532. The van der Waals surface area contributed by atoms with Crippen LogP contribution in [0.1, 0.15) is 19.7 Å². The van der Waals surface area contributed by atoms with Crippen LogP contribution in [0.2, 0.25) is 0 Å². The van der Waals surface area contributed by atoms with Crippen LogP contribution in [0.4, 0.5) is 0 Å². The number of oxazole rings is 1. The van der Waals surface area contributed by atoms with E-state index < -0.39 is 6.04 Å². The van der Waals surface area contributed by atoms with Gasteiger partial charge in [-0.15, -0.1) is 0 Å². The Hall–Kier alpha value is -1.82. The van der Waals surface area contributed by atoms with Gasteiger partial charge in [0.15, 0.2) is 17.3 Å². The highest BCUT2D eigenvalue weighted by molar-refractivity contribution is 9.10. The van der Waals surface area contributed by atoms with Crippen molar-refractivity contribution in [1.82, 2.24) is 4.98 Å². The van der Waals surface area contributed by atoms with Gasteiger partial charge >= 0.3 is 0 Å². The van der Waals surface area contributed by atoms with Gasteiger partial charge in [0, 0.05) is 10.0 Å². The monoisotopic (exact) mass is 333 g/mol. The van der Waals surface area contributed by atoms with Crippen molar-refractivity contribution in [2.24, 2.45) is 10.2 Å². The fourth-order valence-electron chi connectivity index (χ4n) is 2.05. The molecule has 0 radical (unpaired) electrons. The van der Waals surface area contributed by atoms with Gasteiger partial charge in [-0.25, -0.2) is 4.98 Å². The predicted molar refractivity (Wildman–Crippen MR) is 77.4 cm³/mol. The molecule has 0 fully saturated rings. The molecule has 2 heterocycles. The van der Waals surface area contributed by atoms with Crippen LogP contribution in [-0.2, 0) is 11.2 Å². The van der Waals surface area contributed by atoms with Crippen LogP contribution in [0.25, 0.3) is 11.1 Å². The highest BCUT2D eigenvalue weighted by atomic mass is 79.9. The van der Waals surface area contributed by atoms with E-state index in [0.29, 0.717) is 29.2 Å². The van der Waals surface area contributed by atoms with Crippen molar-refractivity contribution in [2.45, 2.75) is 26.3 Å². The van der Waals surface area contributed by atoms with Gasteiger partial charge in [0.25, 0.3) is 0 Å². The first-order chi connectivity index (χ1) is 9.54. The maximum Gasteiger partial charge on any atom is 0.198 e. The maximum absolute atomic E-state index is 12.1. The number of hydrogen-bond donors (Lipinski definition) is 0. The molecule has 0 N–H and O–H groups in total. The smallest absolute Gasteiger partial charge is 0.198 e. The van der Waals surface area contributed by atoms with Crippen molar-refractivity contribution in [2.75, 3.05) is 0 Å². The molecule has 1 aromatic carbocycles. The Morgan fingerprint density at radius 1 is 1.35 bits per heavy atom. The summed E-state index contributed by atoms with van der Waals surface area (Å²) >= 11 is 3.39. The van der Waals surface area contributed by atoms with Gasteiger partial charge < -0.3 is 4.42 Å².